The molecule has 0 bridgehead atoms. The van der Waals surface area contributed by atoms with Gasteiger partial charge in [0.25, 0.3) is 0 Å². The van der Waals surface area contributed by atoms with E-state index in [9.17, 15) is 9.59 Å². The second-order valence-corrected chi connectivity index (χ2v) is 6.16. The van der Waals surface area contributed by atoms with Crippen molar-refractivity contribution in [3.63, 3.8) is 0 Å². The highest BCUT2D eigenvalue weighted by Gasteiger charge is 2.09. The fourth-order valence-electron chi connectivity index (χ4n) is 2.62. The van der Waals surface area contributed by atoms with Gasteiger partial charge in [-0.25, -0.2) is 4.79 Å². The Kier molecular flexibility index (Phi) is 6.04. The van der Waals surface area contributed by atoms with Crippen molar-refractivity contribution in [2.45, 2.75) is 26.3 Å². The molecule has 7 nitrogen and oxygen atoms in total. The third kappa shape index (κ3) is 5.07. The average Bonchev–Trinajstić information content (AvgIpc) is 3.09. The number of hydrogen-bond donors (Lipinski definition) is 3. The number of aromatic nitrogens is 1. The summed E-state index contributed by atoms with van der Waals surface area (Å²) >= 11 is 0. The SMILES string of the molecule is CCCNC(=O)Nc1ccc(CC(=O)NCc2noc3ccccc23)cc1. The first-order chi connectivity index (χ1) is 13.2. The number of fused-ring (bicyclic) bond motifs is 1. The Morgan fingerprint density at radius 2 is 1.81 bits per heavy atom. The van der Waals surface area contributed by atoms with Gasteiger partial charge in [-0.3, -0.25) is 4.79 Å². The zero-order valence-corrected chi connectivity index (χ0v) is 15.1. The number of rotatable bonds is 7. The number of para-hydroxylation sites is 1. The van der Waals surface area contributed by atoms with Crippen LogP contribution in [-0.4, -0.2) is 23.6 Å². The first-order valence-electron chi connectivity index (χ1n) is 8.89. The van der Waals surface area contributed by atoms with Gasteiger partial charge in [0.05, 0.1) is 13.0 Å². The minimum atomic E-state index is -0.234. The summed E-state index contributed by atoms with van der Waals surface area (Å²) in [7, 11) is 0. The van der Waals surface area contributed by atoms with E-state index in [4.69, 9.17) is 4.52 Å². The van der Waals surface area contributed by atoms with Crippen molar-refractivity contribution in [3.05, 3.63) is 59.8 Å². The number of nitrogens with one attached hydrogen (secondary N) is 3. The molecule has 2 aromatic carbocycles. The number of amides is 3. The van der Waals surface area contributed by atoms with Gasteiger partial charge in [-0.15, -0.1) is 0 Å². The average molecular weight is 366 g/mol. The Balaban J connectivity index is 1.50. The predicted molar refractivity (Wildman–Crippen MR) is 103 cm³/mol. The highest BCUT2D eigenvalue weighted by atomic mass is 16.5. The monoisotopic (exact) mass is 366 g/mol. The smallest absolute Gasteiger partial charge is 0.319 e. The van der Waals surface area contributed by atoms with Gasteiger partial charge >= 0.3 is 6.03 Å². The maximum atomic E-state index is 12.2. The molecule has 0 aliphatic carbocycles. The Hall–Kier alpha value is -3.35. The molecule has 0 saturated carbocycles. The van der Waals surface area contributed by atoms with Crippen LogP contribution in [0.5, 0.6) is 0 Å². The molecule has 1 heterocycles. The molecular formula is C20H22N4O3. The van der Waals surface area contributed by atoms with Crippen molar-refractivity contribution in [2.24, 2.45) is 0 Å². The maximum Gasteiger partial charge on any atom is 0.319 e. The Morgan fingerprint density at radius 3 is 2.59 bits per heavy atom. The summed E-state index contributed by atoms with van der Waals surface area (Å²) < 4.78 is 5.23. The highest BCUT2D eigenvalue weighted by molar-refractivity contribution is 5.89. The summed E-state index contributed by atoms with van der Waals surface area (Å²) in [6, 6.07) is 14.5. The van der Waals surface area contributed by atoms with E-state index in [-0.39, 0.29) is 18.4 Å². The summed E-state index contributed by atoms with van der Waals surface area (Å²) in [6.45, 7) is 2.93. The molecule has 0 saturated heterocycles. The fourth-order valence-corrected chi connectivity index (χ4v) is 2.62. The van der Waals surface area contributed by atoms with Crippen molar-refractivity contribution in [1.82, 2.24) is 15.8 Å². The first kappa shape index (κ1) is 18.4. The van der Waals surface area contributed by atoms with Crippen LogP contribution in [0.2, 0.25) is 0 Å². The summed E-state index contributed by atoms with van der Waals surface area (Å²) in [5, 5.41) is 13.2. The van der Waals surface area contributed by atoms with Crippen LogP contribution in [0.3, 0.4) is 0 Å². The molecule has 3 aromatic rings. The van der Waals surface area contributed by atoms with Gasteiger partial charge in [-0.05, 0) is 36.2 Å². The molecule has 3 amide bonds. The predicted octanol–water partition coefficient (Wildman–Crippen LogP) is 3.22. The lowest BCUT2D eigenvalue weighted by Crippen LogP contribution is -2.29. The third-order valence-corrected chi connectivity index (χ3v) is 4.02. The Morgan fingerprint density at radius 1 is 1.04 bits per heavy atom. The second kappa shape index (κ2) is 8.84. The minimum Gasteiger partial charge on any atom is -0.356 e. The molecule has 1 aromatic heterocycles. The number of hydrogen-bond acceptors (Lipinski definition) is 4. The van der Waals surface area contributed by atoms with E-state index in [2.05, 4.69) is 21.1 Å². The zero-order valence-electron chi connectivity index (χ0n) is 15.1. The van der Waals surface area contributed by atoms with Crippen molar-refractivity contribution in [3.8, 4) is 0 Å². The van der Waals surface area contributed by atoms with Crippen LogP contribution < -0.4 is 16.0 Å². The molecule has 3 N–H and O–H groups in total. The van der Waals surface area contributed by atoms with E-state index in [1.54, 1.807) is 12.1 Å². The summed E-state index contributed by atoms with van der Waals surface area (Å²) in [6.07, 6.45) is 1.13. The van der Waals surface area contributed by atoms with Crippen LogP contribution in [0.1, 0.15) is 24.6 Å². The van der Waals surface area contributed by atoms with Crippen LogP contribution >= 0.6 is 0 Å². The summed E-state index contributed by atoms with van der Waals surface area (Å²) in [4.78, 5) is 23.8. The quantitative estimate of drug-likeness (QED) is 0.598. The third-order valence-electron chi connectivity index (χ3n) is 4.02. The molecule has 0 unspecified atom stereocenters. The Bertz CT molecular complexity index is 918. The van der Waals surface area contributed by atoms with Crippen LogP contribution in [0.4, 0.5) is 10.5 Å². The van der Waals surface area contributed by atoms with Gasteiger partial charge < -0.3 is 20.5 Å². The van der Waals surface area contributed by atoms with Crippen LogP contribution in [0.15, 0.2) is 53.1 Å². The standard InChI is InChI=1S/C20H22N4O3/c1-2-11-21-20(26)23-15-9-7-14(8-10-15)12-19(25)22-13-17-16-5-3-4-6-18(16)27-24-17/h3-10H,2,11-13H2,1H3,(H,22,25)(H2,21,23,26). The van der Waals surface area contributed by atoms with Gasteiger partial charge in [-0.1, -0.05) is 36.3 Å². The molecule has 7 heteroatoms. The molecular weight excluding hydrogens is 344 g/mol. The first-order valence-corrected chi connectivity index (χ1v) is 8.89. The number of carbonyl (C=O) groups is 2. The lowest BCUT2D eigenvalue weighted by Gasteiger charge is -2.08. The van der Waals surface area contributed by atoms with E-state index in [0.29, 0.717) is 30.1 Å². The van der Waals surface area contributed by atoms with Crippen LogP contribution in [0.25, 0.3) is 11.0 Å². The van der Waals surface area contributed by atoms with E-state index in [1.807, 2.05) is 43.3 Å². The van der Waals surface area contributed by atoms with E-state index in [0.717, 1.165) is 17.4 Å². The molecule has 0 radical (unpaired) electrons. The number of urea groups is 1. The molecule has 0 fully saturated rings. The maximum absolute atomic E-state index is 12.2. The van der Waals surface area contributed by atoms with E-state index in [1.165, 1.54) is 0 Å². The van der Waals surface area contributed by atoms with Crippen LogP contribution in [-0.2, 0) is 17.8 Å². The number of nitrogens with zero attached hydrogens (tertiary/aromatic N) is 1. The molecule has 140 valence electrons. The van der Waals surface area contributed by atoms with E-state index < -0.39 is 0 Å². The molecule has 0 aliphatic rings. The van der Waals surface area contributed by atoms with Gasteiger partial charge in [0.15, 0.2) is 5.58 Å². The molecule has 0 aliphatic heterocycles. The topological polar surface area (TPSA) is 96.3 Å². The number of carbonyl (C=O) groups excluding carboxylic acids is 2. The molecule has 0 atom stereocenters. The number of anilines is 1. The molecule has 0 spiro atoms. The van der Waals surface area contributed by atoms with Crippen molar-refractivity contribution in [1.29, 1.82) is 0 Å². The zero-order chi connectivity index (χ0) is 19.1. The largest absolute Gasteiger partial charge is 0.356 e. The fraction of sp³-hybridized carbons (Fsp3) is 0.250. The van der Waals surface area contributed by atoms with Gasteiger partial charge in [0, 0.05) is 17.6 Å². The van der Waals surface area contributed by atoms with Gasteiger partial charge in [0.2, 0.25) is 5.91 Å². The molecule has 27 heavy (non-hydrogen) atoms. The summed E-state index contributed by atoms with van der Waals surface area (Å²) in [5.74, 6) is -0.108. The van der Waals surface area contributed by atoms with Crippen molar-refractivity contribution < 1.29 is 14.1 Å². The number of benzene rings is 2. The van der Waals surface area contributed by atoms with Crippen molar-refractivity contribution >= 4 is 28.6 Å². The van der Waals surface area contributed by atoms with Gasteiger partial charge in [0.1, 0.15) is 5.69 Å². The minimum absolute atomic E-state index is 0.108. The lowest BCUT2D eigenvalue weighted by molar-refractivity contribution is -0.120. The van der Waals surface area contributed by atoms with Crippen molar-refractivity contribution in [2.75, 3.05) is 11.9 Å². The normalized spacial score (nSPS) is 10.6. The Labute approximate surface area is 157 Å². The molecule has 3 rings (SSSR count). The second-order valence-electron chi connectivity index (χ2n) is 6.16. The van der Waals surface area contributed by atoms with E-state index >= 15 is 0 Å². The van der Waals surface area contributed by atoms with Crippen LogP contribution in [0, 0.1) is 0 Å². The van der Waals surface area contributed by atoms with Gasteiger partial charge in [-0.2, -0.15) is 0 Å². The lowest BCUT2D eigenvalue weighted by atomic mass is 10.1. The highest BCUT2D eigenvalue weighted by Crippen LogP contribution is 2.17. The summed E-state index contributed by atoms with van der Waals surface area (Å²) in [5.41, 5.74) is 2.95.